The van der Waals surface area contributed by atoms with Crippen molar-refractivity contribution < 1.29 is 13.2 Å². The average molecular weight is 304 g/mol. The molecule has 2 rings (SSSR count). The van der Waals surface area contributed by atoms with Crippen molar-refractivity contribution in [3.05, 3.63) is 0 Å². The Bertz CT molecular complexity index is 385. The zero-order valence-electron chi connectivity index (χ0n) is 12.7. The van der Waals surface area contributed by atoms with E-state index in [1.807, 2.05) is 0 Å². The first-order chi connectivity index (χ1) is 9.50. The topological polar surface area (TPSA) is 58.6 Å². The van der Waals surface area contributed by atoms with Crippen molar-refractivity contribution in [3.63, 3.8) is 0 Å². The summed E-state index contributed by atoms with van der Waals surface area (Å²) in [5, 5.41) is 3.15. The first kappa shape index (κ1) is 16.2. The van der Waals surface area contributed by atoms with Gasteiger partial charge < -0.3 is 10.1 Å². The van der Waals surface area contributed by atoms with Gasteiger partial charge in [-0.1, -0.05) is 13.8 Å². The lowest BCUT2D eigenvalue weighted by molar-refractivity contribution is 0.0970. The molecule has 5 nitrogen and oxygen atoms in total. The van der Waals surface area contributed by atoms with Crippen molar-refractivity contribution in [1.29, 1.82) is 0 Å². The van der Waals surface area contributed by atoms with Crippen molar-refractivity contribution in [1.82, 2.24) is 9.62 Å². The summed E-state index contributed by atoms with van der Waals surface area (Å²) in [5.74, 6) is 0.353. The van der Waals surface area contributed by atoms with Gasteiger partial charge >= 0.3 is 0 Å². The fourth-order valence-electron chi connectivity index (χ4n) is 3.03. The highest BCUT2D eigenvalue weighted by molar-refractivity contribution is 7.89. The molecule has 0 spiro atoms. The molecule has 0 bridgehead atoms. The minimum Gasteiger partial charge on any atom is -0.381 e. The van der Waals surface area contributed by atoms with Gasteiger partial charge in [-0.3, -0.25) is 0 Å². The van der Waals surface area contributed by atoms with E-state index in [0.717, 1.165) is 19.4 Å². The van der Waals surface area contributed by atoms with Gasteiger partial charge in [-0.25, -0.2) is 8.42 Å². The molecule has 2 fully saturated rings. The van der Waals surface area contributed by atoms with Crippen LogP contribution < -0.4 is 5.32 Å². The fraction of sp³-hybridized carbons (Fsp3) is 1.00. The van der Waals surface area contributed by atoms with Crippen LogP contribution in [0.1, 0.15) is 39.5 Å². The van der Waals surface area contributed by atoms with Gasteiger partial charge in [-0.05, 0) is 38.1 Å². The summed E-state index contributed by atoms with van der Waals surface area (Å²) >= 11 is 0. The quantitative estimate of drug-likeness (QED) is 0.801. The lowest BCUT2D eigenvalue weighted by atomic mass is 10.2. The first-order valence-corrected chi connectivity index (χ1v) is 9.30. The van der Waals surface area contributed by atoms with Crippen molar-refractivity contribution in [2.75, 3.05) is 32.8 Å². The Hall–Kier alpha value is -0.170. The summed E-state index contributed by atoms with van der Waals surface area (Å²) in [7, 11) is -3.19. The summed E-state index contributed by atoms with van der Waals surface area (Å²) in [6, 6.07) is 0.323. The second-order valence-electron chi connectivity index (χ2n) is 6.36. The van der Waals surface area contributed by atoms with Crippen LogP contribution in [-0.4, -0.2) is 56.9 Å². The van der Waals surface area contributed by atoms with E-state index in [1.165, 1.54) is 0 Å². The molecular formula is C14H28N2O3S. The molecule has 2 saturated heterocycles. The number of sulfonamides is 1. The molecule has 118 valence electrons. The van der Waals surface area contributed by atoms with Crippen molar-refractivity contribution in [2.24, 2.45) is 5.92 Å². The summed E-state index contributed by atoms with van der Waals surface area (Å²) in [6.07, 6.45) is 3.50. The monoisotopic (exact) mass is 304 g/mol. The van der Waals surface area contributed by atoms with Crippen LogP contribution in [0, 0.1) is 5.92 Å². The second kappa shape index (κ2) is 7.20. The third-order valence-corrected chi connectivity index (χ3v) is 6.44. The zero-order valence-corrected chi connectivity index (χ0v) is 13.5. The van der Waals surface area contributed by atoms with E-state index in [2.05, 4.69) is 19.2 Å². The van der Waals surface area contributed by atoms with E-state index in [-0.39, 0.29) is 5.25 Å². The van der Waals surface area contributed by atoms with E-state index in [9.17, 15) is 8.42 Å². The van der Waals surface area contributed by atoms with Crippen molar-refractivity contribution in [2.45, 2.75) is 50.8 Å². The molecular weight excluding hydrogens is 276 g/mol. The Labute approximate surface area is 123 Å². The molecule has 1 unspecified atom stereocenters. The smallest absolute Gasteiger partial charge is 0.217 e. The molecule has 1 atom stereocenters. The molecule has 2 aliphatic rings. The molecule has 0 aromatic heterocycles. The first-order valence-electron chi connectivity index (χ1n) is 7.80. The molecule has 1 N–H and O–H groups in total. The normalized spacial score (nSPS) is 25.7. The predicted octanol–water partition coefficient (Wildman–Crippen LogP) is 1.21. The van der Waals surface area contributed by atoms with Gasteiger partial charge in [-0.2, -0.15) is 4.31 Å². The zero-order chi connectivity index (χ0) is 14.6. The Balaban J connectivity index is 2.06. The SMILES string of the molecule is CC(C)CN(CC1CCCN1)S(=O)(=O)C1CCOCC1. The van der Waals surface area contributed by atoms with Crippen molar-refractivity contribution in [3.8, 4) is 0 Å². The average Bonchev–Trinajstić information content (AvgIpc) is 2.91. The predicted molar refractivity (Wildman–Crippen MR) is 80.2 cm³/mol. The van der Waals surface area contributed by atoms with Crippen molar-refractivity contribution >= 4 is 10.0 Å². The third-order valence-electron chi connectivity index (χ3n) is 4.10. The summed E-state index contributed by atoms with van der Waals surface area (Å²) in [4.78, 5) is 0. The molecule has 0 aliphatic carbocycles. The van der Waals surface area contributed by atoms with E-state index in [1.54, 1.807) is 4.31 Å². The van der Waals surface area contributed by atoms with E-state index < -0.39 is 10.0 Å². The summed E-state index contributed by atoms with van der Waals surface area (Å²) in [5.41, 5.74) is 0. The van der Waals surface area contributed by atoms with Crippen LogP contribution in [0.3, 0.4) is 0 Å². The second-order valence-corrected chi connectivity index (χ2v) is 8.57. The minimum absolute atomic E-state index is 0.253. The Morgan fingerprint density at radius 1 is 1.25 bits per heavy atom. The summed E-state index contributed by atoms with van der Waals surface area (Å²) in [6.45, 7) is 7.55. The third kappa shape index (κ3) is 4.16. The Morgan fingerprint density at radius 3 is 2.50 bits per heavy atom. The largest absolute Gasteiger partial charge is 0.381 e. The number of ether oxygens (including phenoxy) is 1. The maximum atomic E-state index is 12.9. The highest BCUT2D eigenvalue weighted by Gasteiger charge is 2.35. The van der Waals surface area contributed by atoms with Crippen LogP contribution in [0.2, 0.25) is 0 Å². The Kier molecular flexibility index (Phi) is 5.84. The minimum atomic E-state index is -3.19. The molecule has 0 radical (unpaired) electrons. The lowest BCUT2D eigenvalue weighted by Crippen LogP contribution is -2.47. The molecule has 0 aromatic rings. The van der Waals surface area contributed by atoms with E-state index in [4.69, 9.17) is 4.74 Å². The van der Waals surface area contributed by atoms with Gasteiger partial charge in [0, 0.05) is 32.3 Å². The molecule has 20 heavy (non-hydrogen) atoms. The van der Waals surface area contributed by atoms with Crippen LogP contribution >= 0.6 is 0 Å². The van der Waals surface area contributed by atoms with Crippen LogP contribution in [0.5, 0.6) is 0 Å². The van der Waals surface area contributed by atoms with Gasteiger partial charge in [0.05, 0.1) is 5.25 Å². The standard InChI is InChI=1S/C14H28N2O3S/c1-12(2)10-16(11-13-4-3-7-15-13)20(17,18)14-5-8-19-9-6-14/h12-15H,3-11H2,1-2H3. The highest BCUT2D eigenvalue weighted by Crippen LogP contribution is 2.22. The summed E-state index contributed by atoms with van der Waals surface area (Å²) < 4.78 is 32.7. The van der Waals surface area contributed by atoms with Gasteiger partial charge in [0.15, 0.2) is 0 Å². The van der Waals surface area contributed by atoms with E-state index in [0.29, 0.717) is 51.1 Å². The Morgan fingerprint density at radius 2 is 1.95 bits per heavy atom. The highest BCUT2D eigenvalue weighted by atomic mass is 32.2. The van der Waals surface area contributed by atoms with Crippen LogP contribution in [0.15, 0.2) is 0 Å². The van der Waals surface area contributed by atoms with Crippen LogP contribution in [-0.2, 0) is 14.8 Å². The van der Waals surface area contributed by atoms with Gasteiger partial charge in [-0.15, -0.1) is 0 Å². The fourth-order valence-corrected chi connectivity index (χ4v) is 5.14. The molecule has 0 saturated carbocycles. The van der Waals surface area contributed by atoms with Crippen LogP contribution in [0.4, 0.5) is 0 Å². The molecule has 2 heterocycles. The molecule has 2 aliphatic heterocycles. The van der Waals surface area contributed by atoms with Crippen LogP contribution in [0.25, 0.3) is 0 Å². The molecule has 0 amide bonds. The van der Waals surface area contributed by atoms with E-state index >= 15 is 0 Å². The molecule has 6 heteroatoms. The van der Waals surface area contributed by atoms with Gasteiger partial charge in [0.25, 0.3) is 0 Å². The molecule has 0 aromatic carbocycles. The maximum absolute atomic E-state index is 12.9. The lowest BCUT2D eigenvalue weighted by Gasteiger charge is -2.32. The number of nitrogens with one attached hydrogen (secondary N) is 1. The number of hydrogen-bond donors (Lipinski definition) is 1. The number of hydrogen-bond acceptors (Lipinski definition) is 4. The number of nitrogens with zero attached hydrogens (tertiary/aromatic N) is 1. The number of rotatable bonds is 6. The van der Waals surface area contributed by atoms with Gasteiger partial charge in [0.1, 0.15) is 0 Å². The maximum Gasteiger partial charge on any atom is 0.217 e. The van der Waals surface area contributed by atoms with Gasteiger partial charge in [0.2, 0.25) is 10.0 Å².